The van der Waals surface area contributed by atoms with Crippen molar-refractivity contribution in [1.82, 2.24) is 25.1 Å². The van der Waals surface area contributed by atoms with Crippen molar-refractivity contribution < 1.29 is 27.9 Å². The first kappa shape index (κ1) is 29.2. The van der Waals surface area contributed by atoms with Crippen LogP contribution in [0.2, 0.25) is 0 Å². The number of aryl methyl sites for hydroxylation is 1. The van der Waals surface area contributed by atoms with Crippen molar-refractivity contribution in [2.24, 2.45) is 0 Å². The molecule has 0 bridgehead atoms. The van der Waals surface area contributed by atoms with Gasteiger partial charge in [0.25, 0.3) is 0 Å². The fraction of sp³-hybridized carbons (Fsp3) is 0.586. The highest BCUT2D eigenvalue weighted by atomic mass is 19.4. The molecule has 5 rings (SSSR count). The summed E-state index contributed by atoms with van der Waals surface area (Å²) in [6, 6.07) is 6.12. The maximum absolute atomic E-state index is 14.1. The molecule has 0 aromatic heterocycles. The molecule has 12 heteroatoms. The lowest BCUT2D eigenvalue weighted by molar-refractivity contribution is -0.139. The van der Waals surface area contributed by atoms with Gasteiger partial charge in [-0.15, -0.1) is 0 Å². The minimum Gasteiger partial charge on any atom is -0.465 e. The number of likely N-dealkylation sites (N-methyl/N-ethyl adjacent to an activating group) is 1. The van der Waals surface area contributed by atoms with Gasteiger partial charge in [-0.1, -0.05) is 18.2 Å². The quantitative estimate of drug-likeness (QED) is 0.525. The standard InChI is InChI=1S/C29H37F3N6O3/c1-19-5-3-7-23(27(19)29(30,31)32)25-13-20-15-37(41-18-22-6-4-10-35(22)2)17-26(24(20)14-34-25)36-11-12-38(28(39)40)21(16-36)8-9-33/h3,5,7,17,21-22,25,34H,4,6,8,10-16,18H2,1-2H3,(H,39,40)/t21-,22-,25?/m0/s1. The Labute approximate surface area is 238 Å². The van der Waals surface area contributed by atoms with Crippen LogP contribution >= 0.6 is 0 Å². The van der Waals surface area contributed by atoms with Gasteiger partial charge in [0.2, 0.25) is 0 Å². The van der Waals surface area contributed by atoms with Crippen LogP contribution in [-0.4, -0.2) is 96.0 Å². The minimum atomic E-state index is -4.46. The van der Waals surface area contributed by atoms with E-state index in [1.54, 1.807) is 17.2 Å². The highest BCUT2D eigenvalue weighted by molar-refractivity contribution is 5.65. The van der Waals surface area contributed by atoms with Crippen molar-refractivity contribution >= 4 is 6.09 Å². The molecular weight excluding hydrogens is 537 g/mol. The van der Waals surface area contributed by atoms with Gasteiger partial charge in [-0.25, -0.2) is 4.79 Å². The molecule has 0 spiro atoms. The van der Waals surface area contributed by atoms with Crippen LogP contribution in [-0.2, 0) is 11.0 Å². The van der Waals surface area contributed by atoms with Crippen molar-refractivity contribution in [2.45, 2.75) is 56.9 Å². The third kappa shape index (κ3) is 6.17. The third-order valence-corrected chi connectivity index (χ3v) is 8.79. The Bertz CT molecular complexity index is 1260. The minimum absolute atomic E-state index is 0.0735. The Hall–Kier alpha value is -3.27. The van der Waals surface area contributed by atoms with Crippen molar-refractivity contribution in [3.05, 3.63) is 57.9 Å². The first-order chi connectivity index (χ1) is 19.6. The van der Waals surface area contributed by atoms with E-state index in [-0.39, 0.29) is 24.1 Å². The number of amides is 1. The summed E-state index contributed by atoms with van der Waals surface area (Å²) < 4.78 is 42.2. The molecule has 3 atom stereocenters. The first-order valence-corrected chi connectivity index (χ1v) is 14.1. The van der Waals surface area contributed by atoms with Crippen LogP contribution in [0.3, 0.4) is 0 Å². The summed E-state index contributed by atoms with van der Waals surface area (Å²) in [6.45, 7) is 4.87. The molecule has 1 aromatic rings. The predicted octanol–water partition coefficient (Wildman–Crippen LogP) is 4.11. The summed E-state index contributed by atoms with van der Waals surface area (Å²) in [5, 5.41) is 24.1. The summed E-state index contributed by atoms with van der Waals surface area (Å²) in [4.78, 5) is 23.7. The number of hydrogen-bond donors (Lipinski definition) is 2. The number of nitriles is 1. The lowest BCUT2D eigenvalue weighted by atomic mass is 9.85. The van der Waals surface area contributed by atoms with E-state index in [1.807, 2.05) is 6.20 Å². The van der Waals surface area contributed by atoms with Crippen LogP contribution in [0.1, 0.15) is 48.4 Å². The van der Waals surface area contributed by atoms with Crippen LogP contribution in [0.4, 0.5) is 18.0 Å². The van der Waals surface area contributed by atoms with Gasteiger partial charge < -0.3 is 25.1 Å². The van der Waals surface area contributed by atoms with Gasteiger partial charge >= 0.3 is 12.3 Å². The average molecular weight is 575 g/mol. The second-order valence-electron chi connectivity index (χ2n) is 11.4. The van der Waals surface area contributed by atoms with E-state index in [2.05, 4.69) is 28.2 Å². The van der Waals surface area contributed by atoms with Gasteiger partial charge in [0.05, 0.1) is 49.1 Å². The van der Waals surface area contributed by atoms with E-state index in [0.717, 1.165) is 36.2 Å². The highest BCUT2D eigenvalue weighted by Gasteiger charge is 2.40. The number of nitrogens with zero attached hydrogens (tertiary/aromatic N) is 5. The molecule has 1 amide bonds. The maximum atomic E-state index is 14.1. The molecule has 1 unspecified atom stereocenters. The van der Waals surface area contributed by atoms with E-state index in [0.29, 0.717) is 45.2 Å². The maximum Gasteiger partial charge on any atom is 0.416 e. The Kier molecular flexibility index (Phi) is 8.50. The van der Waals surface area contributed by atoms with Crippen molar-refractivity contribution in [2.75, 3.05) is 52.9 Å². The number of piperazine rings is 1. The van der Waals surface area contributed by atoms with Gasteiger partial charge in [0, 0.05) is 38.3 Å². The number of likely N-dealkylation sites (tertiary alicyclic amines) is 1. The second-order valence-corrected chi connectivity index (χ2v) is 11.4. The summed E-state index contributed by atoms with van der Waals surface area (Å²) in [7, 11) is 2.08. The fourth-order valence-corrected chi connectivity index (χ4v) is 6.59. The number of carbonyl (C=O) groups is 1. The van der Waals surface area contributed by atoms with Crippen LogP contribution in [0.15, 0.2) is 41.2 Å². The normalized spacial score (nSPS) is 25.7. The smallest absolute Gasteiger partial charge is 0.416 e. The van der Waals surface area contributed by atoms with E-state index in [4.69, 9.17) is 4.84 Å². The first-order valence-electron chi connectivity index (χ1n) is 14.1. The lowest BCUT2D eigenvalue weighted by Crippen LogP contribution is -2.55. The Balaban J connectivity index is 1.43. The molecule has 0 saturated carbocycles. The molecule has 2 fully saturated rings. The van der Waals surface area contributed by atoms with Crippen molar-refractivity contribution in [1.29, 1.82) is 5.26 Å². The zero-order chi connectivity index (χ0) is 29.3. The molecule has 0 aliphatic carbocycles. The Morgan fingerprint density at radius 1 is 1.24 bits per heavy atom. The molecule has 2 N–H and O–H groups in total. The summed E-state index contributed by atoms with van der Waals surface area (Å²) in [5.74, 6) is 0. The molecule has 222 valence electrons. The topological polar surface area (TPSA) is 95.3 Å². The summed E-state index contributed by atoms with van der Waals surface area (Å²) in [6.07, 6.45) is -0.959. The molecule has 4 aliphatic heterocycles. The Morgan fingerprint density at radius 2 is 2.05 bits per heavy atom. The molecule has 4 heterocycles. The number of alkyl halides is 3. The number of rotatable bonds is 6. The van der Waals surface area contributed by atoms with Gasteiger partial charge in [0.15, 0.2) is 0 Å². The van der Waals surface area contributed by atoms with Gasteiger partial charge in [-0.3, -0.25) is 9.90 Å². The van der Waals surface area contributed by atoms with E-state index >= 15 is 0 Å². The van der Waals surface area contributed by atoms with Crippen LogP contribution < -0.4 is 5.32 Å². The average Bonchev–Trinajstić information content (AvgIpc) is 3.34. The lowest BCUT2D eigenvalue weighted by Gasteiger charge is -2.45. The van der Waals surface area contributed by atoms with Gasteiger partial charge in [-0.05, 0) is 62.1 Å². The molecule has 41 heavy (non-hydrogen) atoms. The van der Waals surface area contributed by atoms with E-state index < -0.39 is 29.9 Å². The largest absolute Gasteiger partial charge is 0.465 e. The third-order valence-electron chi connectivity index (χ3n) is 8.79. The molecule has 0 radical (unpaired) electrons. The van der Waals surface area contributed by atoms with Gasteiger partial charge in [-0.2, -0.15) is 18.4 Å². The van der Waals surface area contributed by atoms with Crippen LogP contribution in [0, 0.1) is 18.3 Å². The number of halogens is 3. The van der Waals surface area contributed by atoms with E-state index in [1.165, 1.54) is 17.9 Å². The number of nitrogens with one attached hydrogen (secondary N) is 1. The molecular formula is C29H37F3N6O3. The Morgan fingerprint density at radius 3 is 2.73 bits per heavy atom. The molecule has 2 saturated heterocycles. The number of hydroxylamine groups is 2. The molecule has 1 aromatic carbocycles. The van der Waals surface area contributed by atoms with Crippen LogP contribution in [0.5, 0.6) is 0 Å². The zero-order valence-corrected chi connectivity index (χ0v) is 23.5. The van der Waals surface area contributed by atoms with Gasteiger partial charge in [0.1, 0.15) is 0 Å². The van der Waals surface area contributed by atoms with Crippen LogP contribution in [0.25, 0.3) is 0 Å². The second kappa shape index (κ2) is 11.9. The van der Waals surface area contributed by atoms with Crippen molar-refractivity contribution in [3.8, 4) is 6.07 Å². The van der Waals surface area contributed by atoms with Crippen molar-refractivity contribution in [3.63, 3.8) is 0 Å². The monoisotopic (exact) mass is 574 g/mol. The highest BCUT2D eigenvalue weighted by Crippen LogP contribution is 2.41. The number of carboxylic acid groups (broad SMARTS) is 1. The molecule has 4 aliphatic rings. The number of hydrogen-bond acceptors (Lipinski definition) is 7. The summed E-state index contributed by atoms with van der Waals surface area (Å²) >= 11 is 0. The zero-order valence-electron chi connectivity index (χ0n) is 23.5. The summed E-state index contributed by atoms with van der Waals surface area (Å²) in [5.41, 5.74) is 2.72. The fourth-order valence-electron chi connectivity index (χ4n) is 6.59. The molecule has 9 nitrogen and oxygen atoms in total. The predicted molar refractivity (Wildman–Crippen MR) is 145 cm³/mol. The SMILES string of the molecule is Cc1cccc(C2CC3=C(CN2)C(N2CCN(C(=O)O)[C@@H](CC#N)C2)=CN(OC[C@@H]2CCCN2C)C3)c1C(F)(F)F. The van der Waals surface area contributed by atoms with E-state index in [9.17, 15) is 28.3 Å². The number of benzene rings is 1.